The van der Waals surface area contributed by atoms with Crippen molar-refractivity contribution in [3.05, 3.63) is 83.0 Å². The van der Waals surface area contributed by atoms with Gasteiger partial charge in [-0.05, 0) is 41.8 Å². The zero-order chi connectivity index (χ0) is 28.6. The van der Waals surface area contributed by atoms with Crippen LogP contribution in [0.3, 0.4) is 0 Å². The monoisotopic (exact) mass is 573 g/mol. The number of thiazole rings is 1. The van der Waals surface area contributed by atoms with Crippen molar-refractivity contribution in [2.75, 3.05) is 5.32 Å². The van der Waals surface area contributed by atoms with Gasteiger partial charge in [0.1, 0.15) is 11.3 Å². The maximum absolute atomic E-state index is 13.9. The van der Waals surface area contributed by atoms with E-state index in [1.165, 1.54) is 24.3 Å². The van der Waals surface area contributed by atoms with E-state index in [-0.39, 0.29) is 33.7 Å². The van der Waals surface area contributed by atoms with E-state index in [0.717, 1.165) is 29.2 Å². The van der Waals surface area contributed by atoms with Gasteiger partial charge in [-0.2, -0.15) is 27.1 Å². The highest BCUT2D eigenvalue weighted by Gasteiger charge is 2.36. The minimum Gasteiger partial charge on any atom is -0.435 e. The Hall–Kier alpha value is -4.39. The molecule has 0 fully saturated rings. The molecular weight excluding hydrogens is 553 g/mol. The number of rotatable bonds is 7. The van der Waals surface area contributed by atoms with Crippen LogP contribution in [0.4, 0.5) is 27.1 Å². The number of ether oxygens (including phenoxy) is 1. The molecule has 0 bridgehead atoms. The number of benzene rings is 2. The Labute approximate surface area is 228 Å². The number of carbonyl (C=O) groups excluding carboxylic acids is 1. The van der Waals surface area contributed by atoms with E-state index in [9.17, 15) is 26.7 Å². The second kappa shape index (κ2) is 10.6. The van der Waals surface area contributed by atoms with E-state index in [1.54, 1.807) is 17.5 Å². The summed E-state index contributed by atoms with van der Waals surface area (Å²) in [5.74, 6) is -0.522. The molecule has 40 heavy (non-hydrogen) atoms. The first-order chi connectivity index (χ1) is 19.0. The molecule has 7 nitrogen and oxygen atoms in total. The third-order valence-corrected chi connectivity index (χ3v) is 6.74. The predicted molar refractivity (Wildman–Crippen MR) is 140 cm³/mol. The van der Waals surface area contributed by atoms with Gasteiger partial charge in [0.2, 0.25) is 0 Å². The fourth-order valence-electron chi connectivity index (χ4n) is 3.95. The summed E-state index contributed by atoms with van der Waals surface area (Å²) in [4.78, 5) is 21.8. The van der Waals surface area contributed by atoms with Crippen LogP contribution in [0.25, 0.3) is 28.2 Å². The Morgan fingerprint density at radius 2 is 1.62 bits per heavy atom. The molecule has 0 aliphatic heterocycles. The van der Waals surface area contributed by atoms with Crippen molar-refractivity contribution in [2.24, 2.45) is 0 Å². The highest BCUT2D eigenvalue weighted by atomic mass is 32.1. The summed E-state index contributed by atoms with van der Waals surface area (Å²) >= 11 is 1.08. The van der Waals surface area contributed by atoms with Gasteiger partial charge in [-0.15, -0.1) is 11.3 Å². The molecule has 0 radical (unpaired) electrons. The van der Waals surface area contributed by atoms with Crippen molar-refractivity contribution in [1.82, 2.24) is 19.6 Å². The Morgan fingerprint density at radius 3 is 2.25 bits per heavy atom. The first-order valence-corrected chi connectivity index (χ1v) is 12.8. The number of aromatic nitrogens is 4. The van der Waals surface area contributed by atoms with Crippen LogP contribution in [-0.2, 0) is 6.18 Å². The molecule has 13 heteroatoms. The Morgan fingerprint density at radius 1 is 0.975 bits per heavy atom. The molecule has 0 saturated carbocycles. The van der Waals surface area contributed by atoms with Gasteiger partial charge in [0.15, 0.2) is 16.5 Å². The van der Waals surface area contributed by atoms with Crippen LogP contribution in [0.15, 0.2) is 66.2 Å². The zero-order valence-electron chi connectivity index (χ0n) is 20.9. The number of fused-ring (bicyclic) bond motifs is 1. The standard InChI is InChI=1S/C27H20F5N5O2S/c1-14(2)15-3-5-16(6-4-15)20-11-22(27(30,31)32)37-23(34-20)19(12-33-37)24(38)36-26-35-21(13-40-26)17-7-9-18(10-8-17)39-25(28)29/h3-14,25H,1-2H3,(H,35,36,38). The molecule has 3 heterocycles. The molecule has 0 aliphatic carbocycles. The van der Waals surface area contributed by atoms with Crippen molar-refractivity contribution in [3.63, 3.8) is 0 Å². The molecule has 1 amide bonds. The maximum atomic E-state index is 13.9. The van der Waals surface area contributed by atoms with Crippen LogP contribution in [0.5, 0.6) is 5.75 Å². The van der Waals surface area contributed by atoms with Gasteiger partial charge in [-0.1, -0.05) is 38.1 Å². The summed E-state index contributed by atoms with van der Waals surface area (Å²) in [5.41, 5.74) is 1.05. The Balaban J connectivity index is 1.45. The van der Waals surface area contributed by atoms with Crippen molar-refractivity contribution >= 4 is 28.0 Å². The quantitative estimate of drug-likeness (QED) is 0.204. The lowest BCUT2D eigenvalue weighted by atomic mass is 10.0. The number of halogens is 5. The summed E-state index contributed by atoms with van der Waals surface area (Å²) < 4.78 is 71.5. The molecular formula is C27H20F5N5O2S. The van der Waals surface area contributed by atoms with Crippen LogP contribution in [0, 0.1) is 0 Å². The Bertz CT molecular complexity index is 1660. The summed E-state index contributed by atoms with van der Waals surface area (Å²) in [6, 6.07) is 13.7. The number of hydrogen-bond acceptors (Lipinski definition) is 6. The average Bonchev–Trinajstić information content (AvgIpc) is 3.55. The first kappa shape index (κ1) is 27.2. The normalized spacial score (nSPS) is 11.9. The van der Waals surface area contributed by atoms with E-state index >= 15 is 0 Å². The zero-order valence-corrected chi connectivity index (χ0v) is 21.7. The number of alkyl halides is 5. The van der Waals surface area contributed by atoms with Crippen LogP contribution in [-0.4, -0.2) is 32.1 Å². The van der Waals surface area contributed by atoms with E-state index in [1.807, 2.05) is 26.0 Å². The van der Waals surface area contributed by atoms with Gasteiger partial charge < -0.3 is 4.74 Å². The maximum Gasteiger partial charge on any atom is 0.433 e. The van der Waals surface area contributed by atoms with Crippen LogP contribution < -0.4 is 10.1 Å². The minimum absolute atomic E-state index is 0.0171. The van der Waals surface area contributed by atoms with Gasteiger partial charge in [0, 0.05) is 16.5 Å². The molecule has 0 unspecified atom stereocenters. The molecule has 1 N–H and O–H groups in total. The van der Waals surface area contributed by atoms with Crippen molar-refractivity contribution in [2.45, 2.75) is 32.6 Å². The van der Waals surface area contributed by atoms with Crippen molar-refractivity contribution in [1.29, 1.82) is 0 Å². The lowest BCUT2D eigenvalue weighted by Gasteiger charge is -2.12. The summed E-state index contributed by atoms with van der Waals surface area (Å²) in [5, 5.41) is 8.17. The molecule has 206 valence electrons. The number of anilines is 1. The largest absolute Gasteiger partial charge is 0.435 e. The second-order valence-electron chi connectivity index (χ2n) is 8.99. The van der Waals surface area contributed by atoms with Crippen LogP contribution >= 0.6 is 11.3 Å². The number of carbonyl (C=O) groups is 1. The minimum atomic E-state index is -4.76. The van der Waals surface area contributed by atoms with Gasteiger partial charge in [-0.25, -0.2) is 14.5 Å². The molecule has 0 atom stereocenters. The van der Waals surface area contributed by atoms with E-state index in [4.69, 9.17) is 0 Å². The van der Waals surface area contributed by atoms with Crippen molar-refractivity contribution in [3.8, 4) is 28.3 Å². The van der Waals surface area contributed by atoms with Gasteiger partial charge >= 0.3 is 12.8 Å². The van der Waals surface area contributed by atoms with Gasteiger partial charge in [0.25, 0.3) is 5.91 Å². The lowest BCUT2D eigenvalue weighted by molar-refractivity contribution is -0.142. The van der Waals surface area contributed by atoms with E-state index in [0.29, 0.717) is 21.3 Å². The fraction of sp³-hybridized carbons (Fsp3) is 0.185. The number of hydrogen-bond donors (Lipinski definition) is 1. The molecule has 5 rings (SSSR count). The first-order valence-electron chi connectivity index (χ1n) is 11.9. The highest BCUT2D eigenvalue weighted by Crippen LogP contribution is 2.34. The number of nitrogens with zero attached hydrogens (tertiary/aromatic N) is 4. The molecule has 0 saturated heterocycles. The lowest BCUT2D eigenvalue weighted by Crippen LogP contribution is -2.15. The topological polar surface area (TPSA) is 81.4 Å². The molecule has 3 aromatic heterocycles. The molecule has 2 aromatic carbocycles. The average molecular weight is 574 g/mol. The van der Waals surface area contributed by atoms with Crippen LogP contribution in [0.2, 0.25) is 0 Å². The number of nitrogens with one attached hydrogen (secondary N) is 1. The van der Waals surface area contributed by atoms with Gasteiger partial charge in [0.05, 0.1) is 17.6 Å². The second-order valence-corrected chi connectivity index (χ2v) is 9.85. The Kier molecular flexibility index (Phi) is 7.23. The van der Waals surface area contributed by atoms with Crippen molar-refractivity contribution < 1.29 is 31.5 Å². The third kappa shape index (κ3) is 5.64. The van der Waals surface area contributed by atoms with Gasteiger partial charge in [-0.3, -0.25) is 10.1 Å². The smallest absolute Gasteiger partial charge is 0.433 e. The molecule has 0 aliphatic rings. The summed E-state index contributed by atoms with van der Waals surface area (Å²) in [6.07, 6.45) is -3.73. The van der Waals surface area contributed by atoms with E-state index < -0.39 is 24.4 Å². The summed E-state index contributed by atoms with van der Waals surface area (Å²) in [7, 11) is 0. The predicted octanol–water partition coefficient (Wildman–Crippen LogP) is 7.52. The third-order valence-electron chi connectivity index (χ3n) is 5.98. The molecule has 5 aromatic rings. The SMILES string of the molecule is CC(C)c1ccc(-c2cc(C(F)(F)F)n3ncc(C(=O)Nc4nc(-c5ccc(OC(F)F)cc5)cs4)c3n2)cc1. The molecule has 0 spiro atoms. The fourth-order valence-corrected chi connectivity index (χ4v) is 4.66. The number of amides is 1. The van der Waals surface area contributed by atoms with Crippen LogP contribution in [0.1, 0.15) is 41.4 Å². The van der Waals surface area contributed by atoms with E-state index in [2.05, 4.69) is 25.1 Å². The summed E-state index contributed by atoms with van der Waals surface area (Å²) in [6.45, 7) is 1.06. The highest BCUT2D eigenvalue weighted by molar-refractivity contribution is 7.14.